The van der Waals surface area contributed by atoms with Crippen LogP contribution in [0.1, 0.15) is 49.4 Å². The van der Waals surface area contributed by atoms with Crippen LogP contribution in [0.15, 0.2) is 0 Å². The third-order valence-electron chi connectivity index (χ3n) is 4.44. The van der Waals surface area contributed by atoms with E-state index < -0.39 is 5.60 Å². The monoisotopic (exact) mass is 291 g/mol. The average Bonchev–Trinajstić information content (AvgIpc) is 2.85. The number of hydrogen-bond acceptors (Lipinski definition) is 5. The van der Waals surface area contributed by atoms with Gasteiger partial charge in [0.1, 0.15) is 16.2 Å². The average molecular weight is 291 g/mol. The van der Waals surface area contributed by atoms with E-state index in [1.807, 2.05) is 6.92 Å². The molecule has 4 nitrogen and oxygen atoms in total. The molecule has 0 saturated heterocycles. The molecule has 0 fully saturated rings. The van der Waals surface area contributed by atoms with Crippen molar-refractivity contribution in [1.82, 2.24) is 9.97 Å². The molecule has 108 valence electrons. The largest absolute Gasteiger partial charge is 0.383 e. The molecule has 2 heterocycles. The Balaban J connectivity index is 2.20. The van der Waals surface area contributed by atoms with Gasteiger partial charge in [0.15, 0.2) is 5.82 Å². The minimum Gasteiger partial charge on any atom is -0.383 e. The molecule has 0 spiro atoms. The Labute approximate surface area is 123 Å². The van der Waals surface area contributed by atoms with E-state index in [9.17, 15) is 0 Å². The molecule has 1 unspecified atom stereocenters. The molecule has 2 aromatic rings. The van der Waals surface area contributed by atoms with E-state index in [0.29, 0.717) is 11.6 Å². The number of rotatable bonds is 3. The van der Waals surface area contributed by atoms with E-state index in [1.165, 1.54) is 23.3 Å². The molecule has 0 aromatic carbocycles. The first kappa shape index (κ1) is 13.8. The quantitative estimate of drug-likeness (QED) is 0.941. The fourth-order valence-corrected chi connectivity index (χ4v) is 4.08. The maximum Gasteiger partial charge on any atom is 0.163 e. The highest BCUT2D eigenvalue weighted by molar-refractivity contribution is 7.19. The minimum absolute atomic E-state index is 0.465. The first-order valence-electron chi connectivity index (χ1n) is 7.22. The van der Waals surface area contributed by atoms with Crippen molar-refractivity contribution in [3.63, 3.8) is 0 Å². The normalized spacial score (nSPS) is 17.9. The van der Waals surface area contributed by atoms with E-state index >= 15 is 0 Å². The van der Waals surface area contributed by atoms with Gasteiger partial charge in [0.25, 0.3) is 0 Å². The highest BCUT2D eigenvalue weighted by atomic mass is 32.1. The van der Waals surface area contributed by atoms with Crippen LogP contribution in [0.5, 0.6) is 0 Å². The number of ether oxygens (including phenoxy) is 1. The van der Waals surface area contributed by atoms with E-state index in [4.69, 9.17) is 15.5 Å². The summed E-state index contributed by atoms with van der Waals surface area (Å²) in [5.41, 5.74) is 7.15. The predicted octanol–water partition coefficient (Wildman–Crippen LogP) is 3.42. The summed E-state index contributed by atoms with van der Waals surface area (Å²) in [5, 5.41) is 1.09. The van der Waals surface area contributed by atoms with Crippen molar-refractivity contribution >= 4 is 27.4 Å². The Bertz CT molecular complexity index is 646. The molecule has 1 aliphatic carbocycles. The molecule has 1 atom stereocenters. The van der Waals surface area contributed by atoms with Crippen LogP contribution >= 0.6 is 11.3 Å². The van der Waals surface area contributed by atoms with Crippen LogP contribution < -0.4 is 5.73 Å². The minimum atomic E-state index is -0.465. The van der Waals surface area contributed by atoms with E-state index in [2.05, 4.69) is 11.9 Å². The number of aromatic nitrogens is 2. The van der Waals surface area contributed by atoms with Crippen LogP contribution in [0.2, 0.25) is 0 Å². The van der Waals surface area contributed by atoms with Gasteiger partial charge < -0.3 is 10.5 Å². The van der Waals surface area contributed by atoms with Gasteiger partial charge in [-0.15, -0.1) is 11.3 Å². The van der Waals surface area contributed by atoms with Crippen LogP contribution in [-0.2, 0) is 23.2 Å². The Morgan fingerprint density at radius 1 is 1.30 bits per heavy atom. The molecule has 2 aromatic heterocycles. The predicted molar refractivity (Wildman–Crippen MR) is 83.1 cm³/mol. The van der Waals surface area contributed by atoms with E-state index in [0.717, 1.165) is 29.5 Å². The molecule has 0 amide bonds. The SMILES string of the molecule is CCC(C)(OC)c1nc(N)c2c3c(sc2n1)CCCC3. The number of hydrogen-bond donors (Lipinski definition) is 1. The van der Waals surface area contributed by atoms with Crippen molar-refractivity contribution in [2.45, 2.75) is 51.6 Å². The number of nitrogen functional groups attached to an aromatic ring is 1. The third kappa shape index (κ3) is 2.00. The Hall–Kier alpha value is -1.20. The van der Waals surface area contributed by atoms with Gasteiger partial charge in [-0.2, -0.15) is 0 Å². The molecular formula is C15H21N3OS. The van der Waals surface area contributed by atoms with E-state index in [-0.39, 0.29) is 0 Å². The Kier molecular flexibility index (Phi) is 3.42. The Morgan fingerprint density at radius 2 is 2.05 bits per heavy atom. The number of aryl methyl sites for hydroxylation is 2. The van der Waals surface area contributed by atoms with Gasteiger partial charge in [0, 0.05) is 12.0 Å². The molecule has 3 rings (SSSR count). The van der Waals surface area contributed by atoms with Gasteiger partial charge in [-0.25, -0.2) is 9.97 Å². The topological polar surface area (TPSA) is 61.0 Å². The zero-order valence-corrected chi connectivity index (χ0v) is 13.1. The van der Waals surface area contributed by atoms with Crippen LogP contribution in [0.3, 0.4) is 0 Å². The smallest absolute Gasteiger partial charge is 0.163 e. The number of nitrogens with two attached hydrogens (primary N) is 1. The van der Waals surface area contributed by atoms with Crippen molar-refractivity contribution in [2.24, 2.45) is 0 Å². The molecule has 0 saturated carbocycles. The first-order chi connectivity index (χ1) is 9.59. The summed E-state index contributed by atoms with van der Waals surface area (Å²) in [6, 6.07) is 0. The fraction of sp³-hybridized carbons (Fsp3) is 0.600. The lowest BCUT2D eigenvalue weighted by Gasteiger charge is -2.25. The summed E-state index contributed by atoms with van der Waals surface area (Å²) in [6.07, 6.45) is 5.59. The number of methoxy groups -OCH3 is 1. The summed E-state index contributed by atoms with van der Waals surface area (Å²) in [7, 11) is 1.70. The molecule has 20 heavy (non-hydrogen) atoms. The first-order valence-corrected chi connectivity index (χ1v) is 8.04. The second-order valence-corrected chi connectivity index (χ2v) is 6.70. The fourth-order valence-electron chi connectivity index (χ4n) is 2.82. The second-order valence-electron chi connectivity index (χ2n) is 5.61. The number of fused-ring (bicyclic) bond motifs is 3. The molecule has 1 aliphatic rings. The van der Waals surface area contributed by atoms with Gasteiger partial charge in [0.2, 0.25) is 0 Å². The van der Waals surface area contributed by atoms with Crippen LogP contribution in [0.25, 0.3) is 10.2 Å². The van der Waals surface area contributed by atoms with Gasteiger partial charge in [0.05, 0.1) is 5.39 Å². The third-order valence-corrected chi connectivity index (χ3v) is 5.63. The van der Waals surface area contributed by atoms with Crippen molar-refractivity contribution < 1.29 is 4.74 Å². The number of thiophene rings is 1. The van der Waals surface area contributed by atoms with Crippen LogP contribution in [0, 0.1) is 0 Å². The van der Waals surface area contributed by atoms with Gasteiger partial charge in [-0.1, -0.05) is 6.92 Å². The van der Waals surface area contributed by atoms with Crippen LogP contribution in [-0.4, -0.2) is 17.1 Å². The summed E-state index contributed by atoms with van der Waals surface area (Å²) < 4.78 is 5.60. The molecule has 5 heteroatoms. The highest BCUT2D eigenvalue weighted by Gasteiger charge is 2.30. The van der Waals surface area contributed by atoms with Crippen molar-refractivity contribution in [1.29, 1.82) is 0 Å². The van der Waals surface area contributed by atoms with Crippen molar-refractivity contribution in [2.75, 3.05) is 12.8 Å². The maximum atomic E-state index is 6.23. The summed E-state index contributed by atoms with van der Waals surface area (Å²) >= 11 is 1.78. The molecule has 2 N–H and O–H groups in total. The summed E-state index contributed by atoms with van der Waals surface area (Å²) in [4.78, 5) is 11.8. The van der Waals surface area contributed by atoms with Gasteiger partial charge >= 0.3 is 0 Å². The Morgan fingerprint density at radius 3 is 2.75 bits per heavy atom. The number of nitrogens with zero attached hydrogens (tertiary/aromatic N) is 2. The zero-order chi connectivity index (χ0) is 14.3. The lowest BCUT2D eigenvalue weighted by atomic mass is 9.96. The van der Waals surface area contributed by atoms with Crippen molar-refractivity contribution in [3.8, 4) is 0 Å². The number of anilines is 1. The molecular weight excluding hydrogens is 270 g/mol. The summed E-state index contributed by atoms with van der Waals surface area (Å²) in [5.74, 6) is 1.31. The van der Waals surface area contributed by atoms with Crippen LogP contribution in [0.4, 0.5) is 5.82 Å². The highest BCUT2D eigenvalue weighted by Crippen LogP contribution is 2.39. The maximum absolute atomic E-state index is 6.23. The van der Waals surface area contributed by atoms with Gasteiger partial charge in [-0.3, -0.25) is 0 Å². The van der Waals surface area contributed by atoms with Crippen molar-refractivity contribution in [3.05, 3.63) is 16.3 Å². The molecule has 0 aliphatic heterocycles. The molecule has 0 bridgehead atoms. The second kappa shape index (κ2) is 4.97. The lowest BCUT2D eigenvalue weighted by Crippen LogP contribution is -2.26. The standard InChI is InChI=1S/C15H21N3OS/c1-4-15(2,19-3)14-17-12(16)11-9-7-5-6-8-10(9)20-13(11)18-14/h4-8H2,1-3H3,(H2,16,17,18). The molecule has 0 radical (unpaired) electrons. The zero-order valence-electron chi connectivity index (χ0n) is 12.3. The van der Waals surface area contributed by atoms with E-state index in [1.54, 1.807) is 18.4 Å². The lowest BCUT2D eigenvalue weighted by molar-refractivity contribution is -0.00854. The van der Waals surface area contributed by atoms with Gasteiger partial charge in [-0.05, 0) is 44.6 Å². The summed E-state index contributed by atoms with van der Waals surface area (Å²) in [6.45, 7) is 4.09.